The average molecular weight is 610 g/mol. The Balaban J connectivity index is 1.37. The summed E-state index contributed by atoms with van der Waals surface area (Å²) in [7, 11) is 0. The van der Waals surface area contributed by atoms with E-state index in [1.807, 2.05) is 30.4 Å². The van der Waals surface area contributed by atoms with Crippen molar-refractivity contribution in [1.29, 1.82) is 0 Å². The number of piperazine rings is 1. The Labute approximate surface area is 260 Å². The zero-order valence-electron chi connectivity index (χ0n) is 26.2. The van der Waals surface area contributed by atoms with E-state index in [2.05, 4.69) is 32.6 Å². The minimum atomic E-state index is -1.35. The molecule has 1 aromatic carbocycles. The number of hydrogen-bond acceptors (Lipinski definition) is 7. The third-order valence-electron chi connectivity index (χ3n) is 9.28. The molecule has 3 N–H and O–H groups in total. The summed E-state index contributed by atoms with van der Waals surface area (Å²) in [5, 5.41) is 15.7. The molecule has 1 saturated carbocycles. The summed E-state index contributed by atoms with van der Waals surface area (Å²) in [4.78, 5) is 59.5. The lowest BCUT2D eigenvalue weighted by Crippen LogP contribution is -2.56. The van der Waals surface area contributed by atoms with Crippen LogP contribution in [0.2, 0.25) is 0 Å². The number of ether oxygens (including phenoxy) is 1. The molecule has 44 heavy (non-hydrogen) atoms. The number of allylic oxidation sites excluding steroid dienone is 1. The maximum absolute atomic E-state index is 14.2. The smallest absolute Gasteiger partial charge is 0.408 e. The molecule has 5 rings (SSSR count). The predicted molar refractivity (Wildman–Crippen MR) is 166 cm³/mol. The summed E-state index contributed by atoms with van der Waals surface area (Å²) < 4.78 is 5.48. The first-order valence-electron chi connectivity index (χ1n) is 16.0. The first kappa shape index (κ1) is 31.8. The van der Waals surface area contributed by atoms with Crippen molar-refractivity contribution in [1.82, 2.24) is 20.4 Å². The number of fused-ring (bicyclic) bond motifs is 2. The molecule has 4 unspecified atom stereocenters. The molecule has 3 heterocycles. The van der Waals surface area contributed by atoms with Gasteiger partial charge in [0.2, 0.25) is 11.8 Å². The van der Waals surface area contributed by atoms with Crippen molar-refractivity contribution in [3.63, 3.8) is 0 Å². The van der Waals surface area contributed by atoms with E-state index < -0.39 is 41.2 Å². The molecule has 11 nitrogen and oxygen atoms in total. The Morgan fingerprint density at radius 1 is 1.05 bits per heavy atom. The molecule has 1 aromatic rings. The summed E-state index contributed by atoms with van der Waals surface area (Å²) >= 11 is 0. The highest BCUT2D eigenvalue weighted by atomic mass is 16.6. The second kappa shape index (κ2) is 13.2. The monoisotopic (exact) mass is 609 g/mol. The van der Waals surface area contributed by atoms with Crippen LogP contribution in [0.15, 0.2) is 42.5 Å². The van der Waals surface area contributed by atoms with Gasteiger partial charge in [-0.05, 0) is 65.0 Å². The van der Waals surface area contributed by atoms with Crippen LogP contribution in [0.25, 0.3) is 0 Å². The van der Waals surface area contributed by atoms with Crippen molar-refractivity contribution in [2.75, 3.05) is 37.6 Å². The third-order valence-corrected chi connectivity index (χ3v) is 9.28. The van der Waals surface area contributed by atoms with Crippen molar-refractivity contribution in [3.8, 4) is 0 Å². The van der Waals surface area contributed by atoms with E-state index in [-0.39, 0.29) is 17.9 Å². The van der Waals surface area contributed by atoms with Crippen LogP contribution in [0.4, 0.5) is 10.5 Å². The van der Waals surface area contributed by atoms with E-state index in [1.54, 1.807) is 25.7 Å². The highest BCUT2D eigenvalue weighted by Crippen LogP contribution is 2.45. The number of carboxylic acids is 1. The molecule has 3 fully saturated rings. The van der Waals surface area contributed by atoms with Crippen molar-refractivity contribution in [2.24, 2.45) is 5.92 Å². The standard InChI is InChI=1S/C33H47N5O6/c1-32(2,3)44-31(43)34-26-15-11-6-4-5-8-12-23-21-33(23,30(41)42)35-28(39)27-20-25(22-38(27)29(26)40)37-18-16-36(17-19-37)24-13-9-7-10-14-24/h7-10,12-14,23,25-27H,4-6,11,15-22H2,1-3H3,(H,34,43)(H,35,39)(H,41,42)/b12-8+/t23?,25-,26?,27?,33?/m1/s1. The molecule has 5 atom stereocenters. The number of anilines is 1. The quantitative estimate of drug-likeness (QED) is 0.444. The topological polar surface area (TPSA) is 132 Å². The van der Waals surface area contributed by atoms with Gasteiger partial charge in [-0.25, -0.2) is 9.59 Å². The number of para-hydroxylation sites is 1. The summed E-state index contributed by atoms with van der Waals surface area (Å²) in [5.41, 5.74) is -0.909. The van der Waals surface area contributed by atoms with Crippen LogP contribution in [-0.2, 0) is 19.1 Å². The molecular formula is C33H47N5O6. The summed E-state index contributed by atoms with van der Waals surface area (Å²) in [6.45, 7) is 8.84. The molecule has 0 spiro atoms. The van der Waals surface area contributed by atoms with Crippen LogP contribution in [0, 0.1) is 5.92 Å². The van der Waals surface area contributed by atoms with Crippen molar-refractivity contribution >= 4 is 29.6 Å². The number of benzene rings is 1. The molecule has 1 aliphatic carbocycles. The fourth-order valence-corrected chi connectivity index (χ4v) is 6.78. The molecule has 3 amide bonds. The fourth-order valence-electron chi connectivity index (χ4n) is 6.78. The maximum Gasteiger partial charge on any atom is 0.408 e. The molecule has 3 aliphatic heterocycles. The normalized spacial score (nSPS) is 31.1. The molecular weight excluding hydrogens is 562 g/mol. The maximum atomic E-state index is 14.2. The van der Waals surface area contributed by atoms with Gasteiger partial charge in [0.25, 0.3) is 0 Å². The number of amides is 3. The van der Waals surface area contributed by atoms with Gasteiger partial charge in [-0.3, -0.25) is 14.5 Å². The SMILES string of the molecule is CC(C)(C)OC(=O)NC1CCCCC/C=C/C2CC2(C(=O)O)NC(=O)C2C[C@@H](N3CCN(c4ccccc4)CC3)CN2C1=O. The van der Waals surface area contributed by atoms with Crippen molar-refractivity contribution in [2.45, 2.75) is 95.0 Å². The van der Waals surface area contributed by atoms with Crippen LogP contribution in [-0.4, -0.2) is 101 Å². The minimum absolute atomic E-state index is 0.0654. The zero-order chi connectivity index (χ0) is 31.5. The number of alkyl carbamates (subject to hydrolysis) is 1. The molecule has 2 saturated heterocycles. The van der Waals surface area contributed by atoms with Gasteiger partial charge in [-0.15, -0.1) is 0 Å². The van der Waals surface area contributed by atoms with E-state index in [9.17, 15) is 24.3 Å². The number of hydrogen-bond donors (Lipinski definition) is 3. The zero-order valence-corrected chi connectivity index (χ0v) is 26.2. The lowest BCUT2D eigenvalue weighted by atomic mass is 10.0. The molecule has 240 valence electrons. The van der Waals surface area contributed by atoms with Gasteiger partial charge in [0.05, 0.1) is 0 Å². The van der Waals surface area contributed by atoms with E-state index in [1.165, 1.54) is 5.69 Å². The van der Waals surface area contributed by atoms with Gasteiger partial charge in [0.1, 0.15) is 23.2 Å². The van der Waals surface area contributed by atoms with E-state index in [0.29, 0.717) is 25.8 Å². The third kappa shape index (κ3) is 7.36. The van der Waals surface area contributed by atoms with Crippen LogP contribution in [0.5, 0.6) is 0 Å². The Morgan fingerprint density at radius 2 is 1.77 bits per heavy atom. The Morgan fingerprint density at radius 3 is 2.45 bits per heavy atom. The van der Waals surface area contributed by atoms with Gasteiger partial charge in [-0.1, -0.05) is 43.2 Å². The largest absolute Gasteiger partial charge is 0.479 e. The lowest BCUT2D eigenvalue weighted by molar-refractivity contribution is -0.145. The van der Waals surface area contributed by atoms with Gasteiger partial charge in [0, 0.05) is 50.4 Å². The van der Waals surface area contributed by atoms with Gasteiger partial charge >= 0.3 is 12.1 Å². The van der Waals surface area contributed by atoms with E-state index in [4.69, 9.17) is 4.74 Å². The lowest BCUT2D eigenvalue weighted by Gasteiger charge is -2.39. The Kier molecular flexibility index (Phi) is 9.53. The number of nitrogens with one attached hydrogen (secondary N) is 2. The summed E-state index contributed by atoms with van der Waals surface area (Å²) in [5.74, 6) is -2.11. The van der Waals surface area contributed by atoms with Crippen molar-refractivity contribution in [3.05, 3.63) is 42.5 Å². The number of rotatable bonds is 4. The number of carbonyl (C=O) groups is 4. The number of aliphatic carboxylic acids is 1. The first-order valence-corrected chi connectivity index (χ1v) is 16.0. The van der Waals surface area contributed by atoms with Gasteiger partial charge < -0.3 is 30.3 Å². The number of carboxylic acid groups (broad SMARTS) is 1. The van der Waals surface area contributed by atoms with Crippen LogP contribution in [0.1, 0.15) is 65.7 Å². The number of carbonyl (C=O) groups excluding carboxylic acids is 3. The second-order valence-corrected chi connectivity index (χ2v) is 13.6. The molecule has 4 aliphatic rings. The van der Waals surface area contributed by atoms with E-state index in [0.717, 1.165) is 51.9 Å². The molecule has 11 heteroatoms. The average Bonchev–Trinajstić information content (AvgIpc) is 3.49. The highest BCUT2D eigenvalue weighted by molar-refractivity contribution is 5.96. The van der Waals surface area contributed by atoms with Crippen LogP contribution >= 0.6 is 0 Å². The first-order chi connectivity index (χ1) is 21.0. The predicted octanol–water partition coefficient (Wildman–Crippen LogP) is 3.15. The van der Waals surface area contributed by atoms with Crippen LogP contribution in [0.3, 0.4) is 0 Å². The summed E-state index contributed by atoms with van der Waals surface area (Å²) in [6, 6.07) is 8.50. The Bertz CT molecular complexity index is 1240. The highest BCUT2D eigenvalue weighted by Gasteiger charge is 2.61. The Hall–Kier alpha value is -3.60. The molecule has 0 aromatic heterocycles. The van der Waals surface area contributed by atoms with E-state index >= 15 is 0 Å². The van der Waals surface area contributed by atoms with Gasteiger partial charge in [0.15, 0.2) is 0 Å². The van der Waals surface area contributed by atoms with Crippen LogP contribution < -0.4 is 15.5 Å². The van der Waals surface area contributed by atoms with Gasteiger partial charge in [-0.2, -0.15) is 0 Å². The fraction of sp³-hybridized carbons (Fsp3) is 0.636. The summed E-state index contributed by atoms with van der Waals surface area (Å²) in [6.07, 6.45) is 7.63. The second-order valence-electron chi connectivity index (χ2n) is 13.6. The molecule has 0 radical (unpaired) electrons. The molecule has 0 bridgehead atoms. The minimum Gasteiger partial charge on any atom is -0.479 e. The van der Waals surface area contributed by atoms with Crippen molar-refractivity contribution < 1.29 is 29.0 Å². The number of nitrogens with zero attached hydrogens (tertiary/aromatic N) is 3.